The van der Waals surface area contributed by atoms with E-state index in [1.54, 1.807) is 27.2 Å². The number of amides is 4. The van der Waals surface area contributed by atoms with Crippen LogP contribution in [-0.2, 0) is 59.4 Å². The molecule has 7 rings (SSSR count). The van der Waals surface area contributed by atoms with Gasteiger partial charge in [-0.3, -0.25) is 38.9 Å². The number of benzene rings is 2. The van der Waals surface area contributed by atoms with Crippen LogP contribution in [0.15, 0.2) is 60.8 Å². The third kappa shape index (κ3) is 11.2. The van der Waals surface area contributed by atoms with Crippen molar-refractivity contribution in [1.82, 2.24) is 40.0 Å². The zero-order chi connectivity index (χ0) is 49.8. The number of likely N-dealkylation sites (tertiary alicyclic amines) is 1. The highest BCUT2D eigenvalue weighted by Crippen LogP contribution is 2.41. The van der Waals surface area contributed by atoms with Crippen molar-refractivity contribution in [3.05, 3.63) is 77.6 Å². The van der Waals surface area contributed by atoms with Gasteiger partial charge in [-0.1, -0.05) is 63.9 Å². The molecule has 3 N–H and O–H groups in total. The topological polar surface area (TPSA) is 179 Å². The second-order valence-corrected chi connectivity index (χ2v) is 20.1. The molecule has 2 aromatic carbocycles. The molecule has 4 amide bonds. The van der Waals surface area contributed by atoms with Gasteiger partial charge in [0.15, 0.2) is 5.60 Å². The second-order valence-electron chi connectivity index (χ2n) is 20.1. The zero-order valence-electron chi connectivity index (χ0n) is 41.6. The van der Waals surface area contributed by atoms with Crippen LogP contribution in [0.3, 0.4) is 0 Å². The van der Waals surface area contributed by atoms with E-state index in [4.69, 9.17) is 14.5 Å². The first kappa shape index (κ1) is 50.7. The van der Waals surface area contributed by atoms with Gasteiger partial charge in [-0.2, -0.15) is 0 Å². The summed E-state index contributed by atoms with van der Waals surface area (Å²) in [5.41, 5.74) is 8.31. The Morgan fingerprint density at radius 1 is 1.06 bits per heavy atom. The third-order valence-corrected chi connectivity index (χ3v) is 13.4. The third-order valence-electron chi connectivity index (χ3n) is 13.4. The molecule has 16 heteroatoms. The first-order chi connectivity index (χ1) is 32.8. The summed E-state index contributed by atoms with van der Waals surface area (Å²) in [5.74, 6) is 2.21. The lowest BCUT2D eigenvalue weighted by Gasteiger charge is -2.37. The van der Waals surface area contributed by atoms with E-state index in [0.29, 0.717) is 39.0 Å². The summed E-state index contributed by atoms with van der Waals surface area (Å²) in [6.45, 7) is 11.5. The van der Waals surface area contributed by atoms with Crippen molar-refractivity contribution >= 4 is 40.5 Å². The van der Waals surface area contributed by atoms with E-state index >= 15 is 0 Å². The summed E-state index contributed by atoms with van der Waals surface area (Å²) in [6.07, 6.45) is 3.37. The quantitative estimate of drug-likeness (QED) is 0.153. The van der Waals surface area contributed by atoms with Crippen LogP contribution in [0.5, 0.6) is 0 Å². The van der Waals surface area contributed by atoms with Crippen molar-refractivity contribution < 1.29 is 38.6 Å². The van der Waals surface area contributed by atoms with Crippen molar-refractivity contribution in [2.75, 3.05) is 61.0 Å². The number of nitrogens with one attached hydrogen (secondary N) is 2. The number of likely N-dealkylation sites (N-methyl/N-ethyl adjacent to an activating group) is 1. The number of hydrogen-bond acceptors (Lipinski definition) is 11. The van der Waals surface area contributed by atoms with Crippen molar-refractivity contribution in [3.63, 3.8) is 0 Å². The van der Waals surface area contributed by atoms with E-state index in [2.05, 4.69) is 72.2 Å². The summed E-state index contributed by atoms with van der Waals surface area (Å²) in [6, 6.07) is 15.3. The van der Waals surface area contributed by atoms with Gasteiger partial charge < -0.3 is 34.3 Å². The van der Waals surface area contributed by atoms with Crippen molar-refractivity contribution in [3.8, 4) is 34.2 Å². The van der Waals surface area contributed by atoms with Crippen molar-refractivity contribution in [1.29, 1.82) is 0 Å². The molecule has 368 valence electrons. The van der Waals surface area contributed by atoms with Gasteiger partial charge >= 0.3 is 5.97 Å². The lowest BCUT2D eigenvalue weighted by molar-refractivity contribution is -0.156. The van der Waals surface area contributed by atoms with E-state index in [1.165, 1.54) is 21.9 Å². The number of aliphatic hydroxyl groups is 1. The molecule has 3 aliphatic rings. The minimum atomic E-state index is -1.94. The molecule has 0 spiro atoms. The van der Waals surface area contributed by atoms with Gasteiger partial charge in [-0.15, -0.1) is 0 Å². The van der Waals surface area contributed by atoms with Crippen LogP contribution >= 0.6 is 0 Å². The number of hydrogen-bond donors (Lipinski definition) is 3. The Labute approximate surface area is 405 Å². The first-order valence-electron chi connectivity index (χ1n) is 24.0. The largest absolute Gasteiger partial charge is 0.464 e. The van der Waals surface area contributed by atoms with Gasteiger partial charge in [0.2, 0.25) is 5.91 Å². The van der Waals surface area contributed by atoms with Crippen LogP contribution in [0.1, 0.15) is 70.7 Å². The minimum absolute atomic E-state index is 0.0252. The highest BCUT2D eigenvalue weighted by molar-refractivity contribution is 5.98. The molecule has 5 heterocycles. The summed E-state index contributed by atoms with van der Waals surface area (Å²) >= 11 is 0. The molecule has 3 aliphatic heterocycles. The smallest absolute Gasteiger partial charge is 0.324 e. The Balaban J connectivity index is 1.24. The molecule has 4 atom stereocenters. The summed E-state index contributed by atoms with van der Waals surface area (Å²) in [4.78, 5) is 79.4. The van der Waals surface area contributed by atoms with Crippen LogP contribution < -0.4 is 10.7 Å². The van der Waals surface area contributed by atoms with Crippen LogP contribution in [0, 0.1) is 23.2 Å². The highest BCUT2D eigenvalue weighted by Gasteiger charge is 2.48. The van der Waals surface area contributed by atoms with E-state index < -0.39 is 64.7 Å². The maximum atomic E-state index is 14.8. The van der Waals surface area contributed by atoms with E-state index in [-0.39, 0.29) is 39.1 Å². The fourth-order valence-corrected chi connectivity index (χ4v) is 9.97. The number of carbonyl (C=O) groups excluding carboxylic acids is 5. The Bertz CT molecular complexity index is 2650. The molecule has 2 saturated heterocycles. The maximum Gasteiger partial charge on any atom is 0.324 e. The average molecular weight is 945 g/mol. The first-order valence-corrected chi connectivity index (χ1v) is 24.0. The summed E-state index contributed by atoms with van der Waals surface area (Å²) in [5, 5.41) is 17.1. The fraction of sp³-hybridized carbons (Fsp3) is 0.509. The van der Waals surface area contributed by atoms with Crippen LogP contribution in [0.2, 0.25) is 0 Å². The van der Waals surface area contributed by atoms with Crippen LogP contribution in [-0.4, -0.2) is 149 Å². The number of cyclic esters (lactones) is 1. The lowest BCUT2D eigenvalue weighted by atomic mass is 9.84. The van der Waals surface area contributed by atoms with Gasteiger partial charge in [0.25, 0.3) is 17.7 Å². The Hall–Kier alpha value is -6.12. The zero-order valence-corrected chi connectivity index (χ0v) is 41.6. The number of ether oxygens (including phenoxy) is 2. The van der Waals surface area contributed by atoms with E-state index in [0.717, 1.165) is 50.1 Å². The van der Waals surface area contributed by atoms with Crippen molar-refractivity contribution in [2.45, 2.75) is 104 Å². The molecular weight excluding hydrogens is 877 g/mol. The molecule has 2 aromatic heterocycles. The van der Waals surface area contributed by atoms with Gasteiger partial charge in [-0.25, -0.2) is 5.43 Å². The SMILES string of the molecule is CCn1c(-c2cccnc2COC)c2c3cc(ccc31)-c1cccc(c1)C[C@H](NC(=O)[C@H](C(C)C)N(C)C(=O)[C@@]1(O)CCN(C(=O)C#CCN(C)C)C1)C(=O)N1CCC[C@H](N1)C(=O)OCC(C)(C)C2. The number of pyridine rings is 1. The van der Waals surface area contributed by atoms with Gasteiger partial charge in [0.05, 0.1) is 37.7 Å². The van der Waals surface area contributed by atoms with Gasteiger partial charge in [0.1, 0.15) is 18.1 Å². The number of aryl methyl sites for hydroxylation is 1. The molecule has 2 fully saturated rings. The number of esters is 1. The normalized spacial score (nSPS) is 21.1. The highest BCUT2D eigenvalue weighted by atomic mass is 16.5. The number of carbonyl (C=O) groups is 5. The molecule has 0 unspecified atom stereocenters. The van der Waals surface area contributed by atoms with Crippen molar-refractivity contribution in [2.24, 2.45) is 11.3 Å². The molecule has 0 aliphatic carbocycles. The molecule has 69 heavy (non-hydrogen) atoms. The Kier molecular flexibility index (Phi) is 15.6. The number of nitrogens with zero attached hydrogens (tertiary/aromatic N) is 6. The predicted octanol–water partition coefficient (Wildman–Crippen LogP) is 4.20. The molecule has 0 radical (unpaired) electrons. The molecule has 4 aromatic rings. The van der Waals surface area contributed by atoms with E-state index in [9.17, 15) is 29.1 Å². The molecule has 16 nitrogen and oxygen atoms in total. The van der Waals surface area contributed by atoms with Crippen LogP contribution in [0.25, 0.3) is 33.3 Å². The number of methoxy groups -OCH3 is 1. The number of aromatic nitrogens is 2. The molecule has 0 saturated carbocycles. The summed E-state index contributed by atoms with van der Waals surface area (Å²) < 4.78 is 14.0. The number of β-amino-alcohol motifs (C(OH)–C–C–N with tert-alkyl or cyclic N) is 1. The number of fused-ring (bicyclic) bond motifs is 6. The average Bonchev–Trinajstić information content (AvgIpc) is 3.87. The maximum absolute atomic E-state index is 14.8. The number of hydrazine groups is 1. The minimum Gasteiger partial charge on any atom is -0.464 e. The Morgan fingerprint density at radius 2 is 1.83 bits per heavy atom. The monoisotopic (exact) mass is 945 g/mol. The second kappa shape index (κ2) is 21.3. The van der Waals surface area contributed by atoms with Gasteiger partial charge in [-0.05, 0) is 98.6 Å². The number of rotatable bonds is 10. The lowest BCUT2D eigenvalue weighted by Crippen LogP contribution is -2.63. The standard InChI is InChI=1S/C53H68N8O8/c1-10-60-44-21-20-37-29-39(44)40(47(60)38-17-12-23-54-43(38)31-68-9)30-52(4,5)33-69-50(65)41-18-13-25-61(56-41)49(64)42(28-35-15-11-16-36(37)27-35)55-48(63)46(34(2)3)58(8)51(66)53(67)22-26-59(32-53)45(62)19-14-24-57(6)7/h11-12,15-17,20-21,23,27,29,34,41-42,46,56,67H,10,13,18,22,24-26,28,30-33H2,1-9H3,(H,55,63)/t41-,42-,46-,53+/m0/s1. The predicted molar refractivity (Wildman–Crippen MR) is 263 cm³/mol. The Morgan fingerprint density at radius 3 is 2.55 bits per heavy atom. The van der Waals surface area contributed by atoms with Crippen LogP contribution in [0.4, 0.5) is 0 Å². The van der Waals surface area contributed by atoms with Gasteiger partial charge in [0, 0.05) is 74.7 Å². The summed E-state index contributed by atoms with van der Waals surface area (Å²) in [7, 11) is 6.79. The molecule has 6 bridgehead atoms. The fourth-order valence-electron chi connectivity index (χ4n) is 9.97. The molecular formula is C53H68N8O8. The van der Waals surface area contributed by atoms with E-state index in [1.807, 2.05) is 49.3 Å².